The number of rotatable bonds is 7. The fourth-order valence-electron chi connectivity index (χ4n) is 1.71. The number of sulfone groups is 1. The Morgan fingerprint density at radius 2 is 1.76 bits per heavy atom. The molecule has 0 heterocycles. The van der Waals surface area contributed by atoms with Gasteiger partial charge in [-0.3, -0.25) is 4.79 Å². The van der Waals surface area contributed by atoms with E-state index in [1.165, 1.54) is 6.92 Å². The van der Waals surface area contributed by atoms with E-state index in [1.807, 2.05) is 13.8 Å². The second-order valence-electron chi connectivity index (χ2n) is 4.16. The number of hydrogen-bond donors (Lipinski definition) is 0. The fraction of sp³-hybridized carbons (Fsp3) is 0.909. The molecule has 1 atom stereocenters. The first kappa shape index (κ1) is 16.7. The predicted octanol–water partition coefficient (Wildman–Crippen LogP) is 1.68. The maximum absolute atomic E-state index is 12.1. The molecule has 0 aliphatic carbocycles. The van der Waals surface area contributed by atoms with Gasteiger partial charge < -0.3 is 4.90 Å². The highest BCUT2D eigenvalue weighted by molar-refractivity contribution is 7.92. The number of halogens is 1. The third kappa shape index (κ3) is 4.84. The first-order chi connectivity index (χ1) is 7.79. The first-order valence-electron chi connectivity index (χ1n) is 5.84. The predicted molar refractivity (Wildman–Crippen MR) is 71.1 cm³/mol. The van der Waals surface area contributed by atoms with Gasteiger partial charge in [-0.15, -0.1) is 11.6 Å². The minimum Gasteiger partial charge on any atom is -0.337 e. The smallest absolute Gasteiger partial charge is 0.240 e. The number of alkyl halides is 1. The molecule has 17 heavy (non-hydrogen) atoms. The van der Waals surface area contributed by atoms with Crippen LogP contribution in [0.25, 0.3) is 0 Å². The van der Waals surface area contributed by atoms with E-state index >= 15 is 0 Å². The van der Waals surface area contributed by atoms with E-state index in [0.717, 1.165) is 19.1 Å². The van der Waals surface area contributed by atoms with Gasteiger partial charge in [0.25, 0.3) is 0 Å². The molecular formula is C11H22ClNO3S. The highest BCUT2D eigenvalue weighted by Crippen LogP contribution is 2.13. The van der Waals surface area contributed by atoms with E-state index < -0.39 is 15.1 Å². The molecule has 0 aliphatic heterocycles. The van der Waals surface area contributed by atoms with E-state index in [1.54, 1.807) is 4.90 Å². The minimum absolute atomic E-state index is 0.0606. The number of carbonyl (C=O) groups excluding carboxylic acids is 1. The van der Waals surface area contributed by atoms with Crippen LogP contribution in [0.4, 0.5) is 0 Å². The van der Waals surface area contributed by atoms with Crippen LogP contribution in [-0.2, 0) is 14.6 Å². The Hall–Kier alpha value is -0.290. The standard InChI is InChI=1S/C11H22ClNO3S/c1-5-10(6-2)13(8-7-12)11(14)9(3)17(4,15)16/h9-10H,5-8H2,1-4H3. The summed E-state index contributed by atoms with van der Waals surface area (Å²) in [6.45, 7) is 5.79. The average Bonchev–Trinajstić information content (AvgIpc) is 2.26. The van der Waals surface area contributed by atoms with Crippen LogP contribution < -0.4 is 0 Å². The van der Waals surface area contributed by atoms with Gasteiger partial charge in [-0.1, -0.05) is 13.8 Å². The van der Waals surface area contributed by atoms with Crippen molar-refractivity contribution in [2.45, 2.75) is 44.9 Å². The van der Waals surface area contributed by atoms with Crippen molar-refractivity contribution in [3.05, 3.63) is 0 Å². The molecule has 4 nitrogen and oxygen atoms in total. The molecule has 0 aliphatic rings. The molecule has 0 rings (SSSR count). The van der Waals surface area contributed by atoms with Crippen molar-refractivity contribution in [3.8, 4) is 0 Å². The number of amides is 1. The van der Waals surface area contributed by atoms with Crippen molar-refractivity contribution < 1.29 is 13.2 Å². The van der Waals surface area contributed by atoms with Gasteiger partial charge in [0.05, 0.1) is 0 Å². The lowest BCUT2D eigenvalue weighted by atomic mass is 10.1. The Kier molecular flexibility index (Phi) is 7.09. The third-order valence-electron chi connectivity index (χ3n) is 2.98. The molecule has 0 aromatic carbocycles. The quantitative estimate of drug-likeness (QED) is 0.668. The van der Waals surface area contributed by atoms with E-state index in [2.05, 4.69) is 0 Å². The summed E-state index contributed by atoms with van der Waals surface area (Å²) in [6, 6.07) is 0.0606. The SMILES string of the molecule is CCC(CC)N(CCCl)C(=O)C(C)S(C)(=O)=O. The molecule has 102 valence electrons. The van der Waals surface area contributed by atoms with Crippen LogP contribution >= 0.6 is 11.6 Å². The van der Waals surface area contributed by atoms with Crippen molar-refractivity contribution in [2.24, 2.45) is 0 Å². The Morgan fingerprint density at radius 3 is 2.06 bits per heavy atom. The summed E-state index contributed by atoms with van der Waals surface area (Å²) < 4.78 is 22.8. The van der Waals surface area contributed by atoms with Gasteiger partial charge in [0.2, 0.25) is 5.91 Å². The average molecular weight is 284 g/mol. The van der Waals surface area contributed by atoms with Crippen LogP contribution in [0.5, 0.6) is 0 Å². The van der Waals surface area contributed by atoms with Crippen molar-refractivity contribution in [3.63, 3.8) is 0 Å². The van der Waals surface area contributed by atoms with Gasteiger partial charge in [-0.05, 0) is 19.8 Å². The summed E-state index contributed by atoms with van der Waals surface area (Å²) in [4.78, 5) is 13.7. The highest BCUT2D eigenvalue weighted by atomic mass is 35.5. The second-order valence-corrected chi connectivity index (χ2v) is 6.91. The van der Waals surface area contributed by atoms with E-state index in [4.69, 9.17) is 11.6 Å². The number of hydrogen-bond acceptors (Lipinski definition) is 3. The van der Waals surface area contributed by atoms with Crippen LogP contribution in [0.1, 0.15) is 33.6 Å². The van der Waals surface area contributed by atoms with Crippen molar-refractivity contribution >= 4 is 27.3 Å². The van der Waals surface area contributed by atoms with Crippen LogP contribution in [0.3, 0.4) is 0 Å². The van der Waals surface area contributed by atoms with Gasteiger partial charge >= 0.3 is 0 Å². The summed E-state index contributed by atoms with van der Waals surface area (Å²) in [6.07, 6.45) is 2.69. The number of nitrogens with zero attached hydrogens (tertiary/aromatic N) is 1. The van der Waals surface area contributed by atoms with Crippen molar-refractivity contribution in [2.75, 3.05) is 18.7 Å². The largest absolute Gasteiger partial charge is 0.337 e. The molecule has 0 aromatic heterocycles. The molecule has 6 heteroatoms. The monoisotopic (exact) mass is 283 g/mol. The summed E-state index contributed by atoms with van der Waals surface area (Å²) in [5.41, 5.74) is 0. The topological polar surface area (TPSA) is 54.5 Å². The van der Waals surface area contributed by atoms with Crippen LogP contribution in [-0.4, -0.2) is 49.2 Å². The molecule has 0 N–H and O–H groups in total. The maximum atomic E-state index is 12.1. The van der Waals surface area contributed by atoms with E-state index in [0.29, 0.717) is 12.4 Å². The maximum Gasteiger partial charge on any atom is 0.240 e. The molecule has 1 unspecified atom stereocenters. The van der Waals surface area contributed by atoms with Crippen LogP contribution in [0.15, 0.2) is 0 Å². The van der Waals surface area contributed by atoms with E-state index in [-0.39, 0.29) is 11.9 Å². The molecule has 1 amide bonds. The molecule has 0 saturated heterocycles. The normalized spacial score (nSPS) is 13.8. The van der Waals surface area contributed by atoms with Gasteiger partial charge in [0, 0.05) is 24.7 Å². The van der Waals surface area contributed by atoms with Gasteiger partial charge in [-0.2, -0.15) is 0 Å². The Bertz CT molecular complexity index is 339. The first-order valence-corrected chi connectivity index (χ1v) is 8.33. The number of carbonyl (C=O) groups is 1. The molecule has 0 bridgehead atoms. The van der Waals surface area contributed by atoms with Gasteiger partial charge in [0.1, 0.15) is 5.25 Å². The van der Waals surface area contributed by atoms with Crippen molar-refractivity contribution in [1.82, 2.24) is 4.90 Å². The lowest BCUT2D eigenvalue weighted by molar-refractivity contribution is -0.132. The van der Waals surface area contributed by atoms with Crippen LogP contribution in [0.2, 0.25) is 0 Å². The highest BCUT2D eigenvalue weighted by Gasteiger charge is 2.30. The zero-order chi connectivity index (χ0) is 13.6. The molecule has 0 fully saturated rings. The second kappa shape index (κ2) is 7.21. The van der Waals surface area contributed by atoms with Crippen molar-refractivity contribution in [1.29, 1.82) is 0 Å². The van der Waals surface area contributed by atoms with Gasteiger partial charge in [-0.25, -0.2) is 8.42 Å². The Labute approximate surface area is 109 Å². The molecular weight excluding hydrogens is 262 g/mol. The Morgan fingerprint density at radius 1 is 1.29 bits per heavy atom. The molecule has 0 saturated carbocycles. The minimum atomic E-state index is -3.35. The lowest BCUT2D eigenvalue weighted by Gasteiger charge is -2.31. The summed E-state index contributed by atoms with van der Waals surface area (Å²) >= 11 is 5.67. The molecule has 0 aromatic rings. The zero-order valence-corrected chi connectivity index (χ0v) is 12.5. The third-order valence-corrected chi connectivity index (χ3v) is 4.64. The summed E-state index contributed by atoms with van der Waals surface area (Å²) in [5.74, 6) is -0.0273. The fourth-order valence-corrected chi connectivity index (χ4v) is 2.39. The molecule has 0 radical (unpaired) electrons. The summed E-state index contributed by atoms with van der Waals surface area (Å²) in [5, 5.41) is -0.994. The van der Waals surface area contributed by atoms with Gasteiger partial charge in [0.15, 0.2) is 9.84 Å². The Balaban J connectivity index is 5.00. The summed E-state index contributed by atoms with van der Waals surface area (Å²) in [7, 11) is -3.35. The van der Waals surface area contributed by atoms with E-state index in [9.17, 15) is 13.2 Å². The zero-order valence-electron chi connectivity index (χ0n) is 10.9. The molecule has 0 spiro atoms. The van der Waals surface area contributed by atoms with Crippen LogP contribution in [0, 0.1) is 0 Å². The lowest BCUT2D eigenvalue weighted by Crippen LogP contribution is -2.47.